The van der Waals surface area contributed by atoms with Gasteiger partial charge in [0.05, 0.1) is 11.0 Å². The van der Waals surface area contributed by atoms with Crippen molar-refractivity contribution in [3.63, 3.8) is 0 Å². The van der Waals surface area contributed by atoms with E-state index in [4.69, 9.17) is 0 Å². The maximum absolute atomic E-state index is 11.8. The molecule has 108 valence electrons. The van der Waals surface area contributed by atoms with Gasteiger partial charge in [-0.2, -0.15) is 0 Å². The van der Waals surface area contributed by atoms with Crippen molar-refractivity contribution in [2.75, 3.05) is 31.6 Å². The molecule has 0 atom stereocenters. The molecule has 0 radical (unpaired) electrons. The zero-order valence-corrected chi connectivity index (χ0v) is 11.5. The number of likely N-dealkylation sites (N-methyl/N-ethyl adjacent to an activating group) is 1. The fraction of sp³-hybridized carbons (Fsp3) is 0.462. The largest absolute Gasteiger partial charge is 0.363 e. The van der Waals surface area contributed by atoms with Crippen LogP contribution in [-0.4, -0.2) is 43.6 Å². The molecule has 20 heavy (non-hydrogen) atoms. The van der Waals surface area contributed by atoms with Crippen molar-refractivity contribution in [2.45, 2.75) is 13.0 Å². The van der Waals surface area contributed by atoms with Gasteiger partial charge in [0.15, 0.2) is 0 Å². The quantitative estimate of drug-likeness (QED) is 0.613. The zero-order valence-electron chi connectivity index (χ0n) is 11.5. The first kappa shape index (κ1) is 14.3. The van der Waals surface area contributed by atoms with Crippen LogP contribution in [0.25, 0.3) is 0 Å². The lowest BCUT2D eigenvalue weighted by Crippen LogP contribution is -2.56. The lowest BCUT2D eigenvalue weighted by molar-refractivity contribution is -0.384. The number of carbonyl (C=O) groups is 1. The van der Waals surface area contributed by atoms with Crippen LogP contribution in [0.3, 0.4) is 0 Å². The van der Waals surface area contributed by atoms with E-state index in [0.29, 0.717) is 17.8 Å². The summed E-state index contributed by atoms with van der Waals surface area (Å²) in [5.74, 6) is -0.219. The number of hydrogen-bond acceptors (Lipinski definition) is 5. The lowest BCUT2D eigenvalue weighted by Gasteiger charge is -2.36. The van der Waals surface area contributed by atoms with E-state index in [0.717, 1.165) is 13.1 Å². The van der Waals surface area contributed by atoms with E-state index >= 15 is 0 Å². The fourth-order valence-corrected chi connectivity index (χ4v) is 2.11. The number of nitro groups is 1. The number of nitro benzene ring substituents is 1. The molecular formula is C13H18N4O3. The van der Waals surface area contributed by atoms with Crippen molar-refractivity contribution in [1.29, 1.82) is 0 Å². The predicted octanol–water partition coefficient (Wildman–Crippen LogP) is 0.752. The highest BCUT2D eigenvalue weighted by atomic mass is 16.6. The third kappa shape index (κ3) is 2.72. The molecule has 0 aliphatic carbocycles. The molecule has 0 spiro atoms. The Morgan fingerprint density at radius 3 is 2.75 bits per heavy atom. The number of anilines is 1. The second kappa shape index (κ2) is 5.87. The molecule has 7 nitrogen and oxygen atoms in total. The average molecular weight is 278 g/mol. The first-order valence-electron chi connectivity index (χ1n) is 6.54. The Kier molecular flexibility index (Phi) is 4.19. The molecule has 0 bridgehead atoms. The fourth-order valence-electron chi connectivity index (χ4n) is 2.11. The van der Waals surface area contributed by atoms with Crippen LogP contribution in [0.2, 0.25) is 0 Å². The van der Waals surface area contributed by atoms with Crippen molar-refractivity contribution < 1.29 is 9.72 Å². The maximum Gasteiger partial charge on any atom is 0.292 e. The minimum Gasteiger partial charge on any atom is -0.363 e. The normalized spacial score (nSPS) is 14.5. The number of amides is 1. The van der Waals surface area contributed by atoms with Gasteiger partial charge < -0.3 is 15.5 Å². The molecule has 1 heterocycles. The van der Waals surface area contributed by atoms with Crippen molar-refractivity contribution >= 4 is 17.3 Å². The molecule has 0 unspecified atom stereocenters. The highest BCUT2D eigenvalue weighted by Gasteiger charge is 2.27. The molecule has 1 aromatic carbocycles. The number of nitrogens with zero attached hydrogens (tertiary/aromatic N) is 2. The maximum atomic E-state index is 11.8. The predicted molar refractivity (Wildman–Crippen MR) is 76.2 cm³/mol. The summed E-state index contributed by atoms with van der Waals surface area (Å²) in [6, 6.07) is 4.68. The molecule has 7 heteroatoms. The molecule has 2 N–H and O–H groups in total. The van der Waals surface area contributed by atoms with Crippen LogP contribution in [0.1, 0.15) is 17.3 Å². The molecule has 1 aromatic rings. The summed E-state index contributed by atoms with van der Waals surface area (Å²) in [6.07, 6.45) is 0. The zero-order chi connectivity index (χ0) is 14.7. The molecule has 1 amide bonds. The first-order valence-corrected chi connectivity index (χ1v) is 6.54. The van der Waals surface area contributed by atoms with Crippen molar-refractivity contribution in [3.05, 3.63) is 33.9 Å². The van der Waals surface area contributed by atoms with Gasteiger partial charge in [-0.05, 0) is 19.1 Å². The second-order valence-electron chi connectivity index (χ2n) is 4.74. The van der Waals surface area contributed by atoms with E-state index in [9.17, 15) is 14.9 Å². The Morgan fingerprint density at radius 1 is 1.55 bits per heavy atom. The van der Waals surface area contributed by atoms with Gasteiger partial charge in [0.1, 0.15) is 5.69 Å². The Morgan fingerprint density at radius 2 is 2.25 bits per heavy atom. The van der Waals surface area contributed by atoms with Crippen molar-refractivity contribution in [3.8, 4) is 0 Å². The average Bonchev–Trinajstić information content (AvgIpc) is 2.36. The van der Waals surface area contributed by atoms with Gasteiger partial charge in [0.25, 0.3) is 11.6 Å². The standard InChI is InChI=1S/C13H18N4O3/c1-3-15-13(18)9-4-5-11(17(19)20)12(6-9)16(2)10-7-14-8-10/h4-6,10,14H,3,7-8H2,1-2H3,(H,15,18). The smallest absolute Gasteiger partial charge is 0.292 e. The summed E-state index contributed by atoms with van der Waals surface area (Å²) in [6.45, 7) is 3.93. The Bertz CT molecular complexity index is 528. The highest BCUT2D eigenvalue weighted by Crippen LogP contribution is 2.30. The molecule has 0 saturated carbocycles. The molecule has 1 aliphatic rings. The summed E-state index contributed by atoms with van der Waals surface area (Å²) in [5.41, 5.74) is 0.935. The van der Waals surface area contributed by atoms with E-state index in [1.165, 1.54) is 12.1 Å². The number of nitrogens with one attached hydrogen (secondary N) is 2. The van der Waals surface area contributed by atoms with E-state index in [2.05, 4.69) is 10.6 Å². The van der Waals surface area contributed by atoms with Crippen LogP contribution in [0.15, 0.2) is 18.2 Å². The number of carbonyl (C=O) groups excluding carboxylic acids is 1. The molecule has 1 saturated heterocycles. The minimum absolute atomic E-state index is 0.0208. The number of rotatable bonds is 5. The van der Waals surface area contributed by atoms with Gasteiger partial charge in [-0.3, -0.25) is 14.9 Å². The van der Waals surface area contributed by atoms with Crippen molar-refractivity contribution in [1.82, 2.24) is 10.6 Å². The van der Waals surface area contributed by atoms with Crippen LogP contribution in [0, 0.1) is 10.1 Å². The summed E-state index contributed by atoms with van der Waals surface area (Å²) in [4.78, 5) is 24.4. The summed E-state index contributed by atoms with van der Waals surface area (Å²) < 4.78 is 0. The minimum atomic E-state index is -0.417. The molecule has 2 rings (SSSR count). The number of benzene rings is 1. The van der Waals surface area contributed by atoms with Gasteiger partial charge in [0, 0.05) is 38.3 Å². The van der Waals surface area contributed by atoms with Crippen LogP contribution in [-0.2, 0) is 0 Å². The SMILES string of the molecule is CCNC(=O)c1ccc([N+](=O)[O-])c(N(C)C2CNC2)c1. The number of hydrogen-bond donors (Lipinski definition) is 2. The van der Waals surface area contributed by atoms with Crippen LogP contribution < -0.4 is 15.5 Å². The van der Waals surface area contributed by atoms with E-state index in [1.807, 2.05) is 18.9 Å². The molecule has 1 aliphatic heterocycles. The summed E-state index contributed by atoms with van der Waals surface area (Å²) in [5, 5.41) is 16.9. The van der Waals surface area contributed by atoms with Crippen LogP contribution in [0.5, 0.6) is 0 Å². The second-order valence-corrected chi connectivity index (χ2v) is 4.74. The molecule has 0 aromatic heterocycles. The third-order valence-corrected chi connectivity index (χ3v) is 3.46. The van der Waals surface area contributed by atoms with Gasteiger partial charge in [-0.1, -0.05) is 0 Å². The van der Waals surface area contributed by atoms with Gasteiger partial charge in [0.2, 0.25) is 0 Å². The molecular weight excluding hydrogens is 260 g/mol. The first-order chi connectivity index (χ1) is 9.54. The summed E-state index contributed by atoms with van der Waals surface area (Å²) in [7, 11) is 1.81. The van der Waals surface area contributed by atoms with E-state index in [-0.39, 0.29) is 17.6 Å². The van der Waals surface area contributed by atoms with E-state index < -0.39 is 4.92 Å². The van der Waals surface area contributed by atoms with Crippen LogP contribution >= 0.6 is 0 Å². The highest BCUT2D eigenvalue weighted by molar-refractivity contribution is 5.96. The molecule has 1 fully saturated rings. The summed E-state index contributed by atoms with van der Waals surface area (Å²) >= 11 is 0. The van der Waals surface area contributed by atoms with E-state index in [1.54, 1.807) is 6.07 Å². The monoisotopic (exact) mass is 278 g/mol. The third-order valence-electron chi connectivity index (χ3n) is 3.46. The Labute approximate surface area is 117 Å². The lowest BCUT2D eigenvalue weighted by atomic mass is 10.1. The van der Waals surface area contributed by atoms with Gasteiger partial charge >= 0.3 is 0 Å². The van der Waals surface area contributed by atoms with Crippen molar-refractivity contribution in [2.24, 2.45) is 0 Å². The Balaban J connectivity index is 2.36. The van der Waals surface area contributed by atoms with Gasteiger partial charge in [-0.25, -0.2) is 0 Å². The topological polar surface area (TPSA) is 87.5 Å². The Hall–Kier alpha value is -2.15. The van der Waals surface area contributed by atoms with Crippen LogP contribution in [0.4, 0.5) is 11.4 Å². The van der Waals surface area contributed by atoms with Gasteiger partial charge in [-0.15, -0.1) is 0 Å².